The average molecular weight is 336 g/mol. The van der Waals surface area contributed by atoms with Crippen molar-refractivity contribution in [3.05, 3.63) is 78.3 Å². The summed E-state index contributed by atoms with van der Waals surface area (Å²) in [5.74, 6) is 0.00803. The molecule has 1 heterocycles. The van der Waals surface area contributed by atoms with Gasteiger partial charge in [-0.1, -0.05) is 18.2 Å². The zero-order chi connectivity index (χ0) is 17.6. The molecule has 0 saturated carbocycles. The standard InChI is InChI=1S/C19H16N2O4/c1-24-17-12-14(20-18(22)13-6-3-2-4-7-13)9-10-15(17)21-19(23)16-8-5-11-25-16/h2-12H,1H3,(H,20,22)(H,21,23). The minimum Gasteiger partial charge on any atom is -0.494 e. The summed E-state index contributed by atoms with van der Waals surface area (Å²) in [4.78, 5) is 24.3. The molecule has 0 atom stereocenters. The number of benzene rings is 2. The number of amides is 2. The highest BCUT2D eigenvalue weighted by molar-refractivity contribution is 6.05. The first-order valence-electron chi connectivity index (χ1n) is 7.56. The maximum Gasteiger partial charge on any atom is 0.291 e. The van der Waals surface area contributed by atoms with Gasteiger partial charge in [0.2, 0.25) is 0 Å². The number of hydrogen-bond donors (Lipinski definition) is 2. The zero-order valence-corrected chi connectivity index (χ0v) is 13.5. The van der Waals surface area contributed by atoms with Gasteiger partial charge in [-0.05, 0) is 36.4 Å². The lowest BCUT2D eigenvalue weighted by Gasteiger charge is -2.12. The molecule has 0 aliphatic carbocycles. The van der Waals surface area contributed by atoms with Gasteiger partial charge in [0.05, 0.1) is 19.1 Å². The Morgan fingerprint density at radius 3 is 2.40 bits per heavy atom. The number of nitrogens with one attached hydrogen (secondary N) is 2. The van der Waals surface area contributed by atoms with Gasteiger partial charge in [0, 0.05) is 17.3 Å². The second-order valence-electron chi connectivity index (χ2n) is 5.17. The fourth-order valence-corrected chi connectivity index (χ4v) is 2.26. The first kappa shape index (κ1) is 16.3. The fourth-order valence-electron chi connectivity index (χ4n) is 2.26. The number of furan rings is 1. The number of rotatable bonds is 5. The molecule has 6 heteroatoms. The van der Waals surface area contributed by atoms with Crippen LogP contribution >= 0.6 is 0 Å². The lowest BCUT2D eigenvalue weighted by Crippen LogP contribution is -2.13. The highest BCUT2D eigenvalue weighted by Crippen LogP contribution is 2.28. The Morgan fingerprint density at radius 2 is 1.72 bits per heavy atom. The number of carbonyl (C=O) groups is 2. The molecule has 0 saturated heterocycles. The quantitative estimate of drug-likeness (QED) is 0.743. The van der Waals surface area contributed by atoms with Gasteiger partial charge in [-0.2, -0.15) is 0 Å². The van der Waals surface area contributed by atoms with Crippen LogP contribution in [-0.4, -0.2) is 18.9 Å². The number of methoxy groups -OCH3 is 1. The van der Waals surface area contributed by atoms with Gasteiger partial charge < -0.3 is 19.8 Å². The van der Waals surface area contributed by atoms with Crippen molar-refractivity contribution in [3.8, 4) is 5.75 Å². The van der Waals surface area contributed by atoms with Crippen LogP contribution in [0, 0.1) is 0 Å². The van der Waals surface area contributed by atoms with Crippen LogP contribution in [0.1, 0.15) is 20.9 Å². The molecule has 3 aromatic rings. The summed E-state index contributed by atoms with van der Waals surface area (Å²) in [5.41, 5.74) is 1.58. The topological polar surface area (TPSA) is 80.6 Å². The highest BCUT2D eigenvalue weighted by Gasteiger charge is 2.13. The molecule has 0 unspecified atom stereocenters. The van der Waals surface area contributed by atoms with Crippen LogP contribution in [0.4, 0.5) is 11.4 Å². The molecular weight excluding hydrogens is 320 g/mol. The maximum absolute atomic E-state index is 12.2. The number of carbonyl (C=O) groups excluding carboxylic acids is 2. The van der Waals surface area contributed by atoms with Gasteiger partial charge in [0.15, 0.2) is 5.76 Å². The molecule has 0 fully saturated rings. The number of hydrogen-bond acceptors (Lipinski definition) is 4. The lowest BCUT2D eigenvalue weighted by molar-refractivity contribution is 0.0994. The Bertz CT molecular complexity index is 874. The van der Waals surface area contributed by atoms with E-state index < -0.39 is 0 Å². The molecule has 126 valence electrons. The van der Waals surface area contributed by atoms with E-state index in [1.165, 1.54) is 13.4 Å². The molecule has 6 nitrogen and oxygen atoms in total. The van der Waals surface area contributed by atoms with E-state index in [1.807, 2.05) is 6.07 Å². The summed E-state index contributed by atoms with van der Waals surface area (Å²) in [6, 6.07) is 17.1. The molecule has 25 heavy (non-hydrogen) atoms. The minimum atomic E-state index is -0.385. The number of ether oxygens (including phenoxy) is 1. The van der Waals surface area contributed by atoms with Crippen molar-refractivity contribution in [1.82, 2.24) is 0 Å². The maximum atomic E-state index is 12.2. The minimum absolute atomic E-state index is 0.198. The van der Waals surface area contributed by atoms with Gasteiger partial charge in [-0.15, -0.1) is 0 Å². The van der Waals surface area contributed by atoms with E-state index in [1.54, 1.807) is 54.6 Å². The predicted molar refractivity (Wildman–Crippen MR) is 94.1 cm³/mol. The van der Waals surface area contributed by atoms with Crippen LogP contribution in [0.15, 0.2) is 71.3 Å². The second-order valence-corrected chi connectivity index (χ2v) is 5.17. The second kappa shape index (κ2) is 7.35. The summed E-state index contributed by atoms with van der Waals surface area (Å²) in [5, 5.41) is 5.50. The molecule has 2 amide bonds. The fraction of sp³-hybridized carbons (Fsp3) is 0.0526. The first-order chi connectivity index (χ1) is 12.2. The van der Waals surface area contributed by atoms with Gasteiger partial charge in [-0.25, -0.2) is 0 Å². The molecule has 0 aliphatic heterocycles. The molecular formula is C19H16N2O4. The Kier molecular flexibility index (Phi) is 4.80. The third kappa shape index (κ3) is 3.87. The normalized spacial score (nSPS) is 10.1. The van der Waals surface area contributed by atoms with Crippen LogP contribution < -0.4 is 15.4 Å². The molecule has 0 bridgehead atoms. The van der Waals surface area contributed by atoms with E-state index in [2.05, 4.69) is 10.6 Å². The zero-order valence-electron chi connectivity index (χ0n) is 13.5. The molecule has 0 spiro atoms. The molecule has 0 radical (unpaired) electrons. The van der Waals surface area contributed by atoms with Crippen LogP contribution in [0.25, 0.3) is 0 Å². The smallest absolute Gasteiger partial charge is 0.291 e. The molecule has 2 N–H and O–H groups in total. The monoisotopic (exact) mass is 336 g/mol. The van der Waals surface area contributed by atoms with Gasteiger partial charge >= 0.3 is 0 Å². The molecule has 1 aromatic heterocycles. The van der Waals surface area contributed by atoms with E-state index in [-0.39, 0.29) is 17.6 Å². The van der Waals surface area contributed by atoms with E-state index in [4.69, 9.17) is 9.15 Å². The Balaban J connectivity index is 1.75. The van der Waals surface area contributed by atoms with Crippen molar-refractivity contribution in [2.75, 3.05) is 17.7 Å². The Morgan fingerprint density at radius 1 is 0.920 bits per heavy atom. The van der Waals surface area contributed by atoms with E-state index >= 15 is 0 Å². The van der Waals surface area contributed by atoms with Gasteiger partial charge in [0.1, 0.15) is 5.75 Å². The summed E-state index contributed by atoms with van der Waals surface area (Å²) >= 11 is 0. The van der Waals surface area contributed by atoms with E-state index in [0.717, 1.165) is 0 Å². The van der Waals surface area contributed by atoms with Crippen LogP contribution in [0.3, 0.4) is 0 Å². The Labute approximate surface area is 144 Å². The SMILES string of the molecule is COc1cc(NC(=O)c2ccccc2)ccc1NC(=O)c1ccco1. The van der Waals surface area contributed by atoms with Crippen molar-refractivity contribution in [1.29, 1.82) is 0 Å². The lowest BCUT2D eigenvalue weighted by atomic mass is 10.2. The summed E-state index contributed by atoms with van der Waals surface area (Å²) in [6.45, 7) is 0. The molecule has 2 aromatic carbocycles. The highest BCUT2D eigenvalue weighted by atomic mass is 16.5. The first-order valence-corrected chi connectivity index (χ1v) is 7.56. The van der Waals surface area contributed by atoms with Crippen LogP contribution in [0.5, 0.6) is 5.75 Å². The summed E-state index contributed by atoms with van der Waals surface area (Å²) < 4.78 is 10.4. The van der Waals surface area contributed by atoms with E-state index in [0.29, 0.717) is 22.7 Å². The van der Waals surface area contributed by atoms with Crippen molar-refractivity contribution in [2.24, 2.45) is 0 Å². The van der Waals surface area contributed by atoms with Crippen molar-refractivity contribution >= 4 is 23.2 Å². The third-order valence-electron chi connectivity index (χ3n) is 3.49. The average Bonchev–Trinajstić information content (AvgIpc) is 3.18. The Hall–Kier alpha value is -3.54. The molecule has 0 aliphatic rings. The third-order valence-corrected chi connectivity index (χ3v) is 3.49. The summed E-state index contributed by atoms with van der Waals surface area (Å²) in [7, 11) is 1.49. The largest absolute Gasteiger partial charge is 0.494 e. The van der Waals surface area contributed by atoms with Crippen molar-refractivity contribution in [3.63, 3.8) is 0 Å². The van der Waals surface area contributed by atoms with Gasteiger partial charge in [-0.3, -0.25) is 9.59 Å². The number of anilines is 2. The van der Waals surface area contributed by atoms with Crippen LogP contribution in [0.2, 0.25) is 0 Å². The predicted octanol–water partition coefficient (Wildman–Crippen LogP) is 3.79. The summed E-state index contributed by atoms with van der Waals surface area (Å²) in [6.07, 6.45) is 1.42. The van der Waals surface area contributed by atoms with Crippen molar-refractivity contribution < 1.29 is 18.7 Å². The van der Waals surface area contributed by atoms with Gasteiger partial charge in [0.25, 0.3) is 11.8 Å². The van der Waals surface area contributed by atoms with E-state index in [9.17, 15) is 9.59 Å². The van der Waals surface area contributed by atoms with Crippen LogP contribution in [-0.2, 0) is 0 Å². The molecule has 3 rings (SSSR count). The van der Waals surface area contributed by atoms with Crippen molar-refractivity contribution in [2.45, 2.75) is 0 Å².